The van der Waals surface area contributed by atoms with E-state index in [-0.39, 0.29) is 12.0 Å². The number of aliphatic hydroxyl groups excluding tert-OH is 1. The number of hydrogen-bond donors (Lipinski definition) is 3. The minimum Gasteiger partial charge on any atom is -0.477 e. The van der Waals surface area contributed by atoms with Crippen LogP contribution >= 0.6 is 0 Å². The summed E-state index contributed by atoms with van der Waals surface area (Å²) in [7, 11) is 0. The molecule has 3 N–H and O–H groups in total. The third kappa shape index (κ3) is 6.36. The van der Waals surface area contributed by atoms with Crippen molar-refractivity contribution in [3.63, 3.8) is 0 Å². The number of aromatic nitrogens is 1. The highest BCUT2D eigenvalue weighted by Gasteiger charge is 2.34. The summed E-state index contributed by atoms with van der Waals surface area (Å²) < 4.78 is 11.3. The number of aliphatic hydroxyl groups is 1. The summed E-state index contributed by atoms with van der Waals surface area (Å²) in [6, 6.07) is 3.93. The lowest BCUT2D eigenvalue weighted by atomic mass is 9.84. The molecule has 0 spiro atoms. The molecule has 0 radical (unpaired) electrons. The number of aliphatic imine (C=N–C) groups is 1. The molecule has 1 aliphatic carbocycles. The van der Waals surface area contributed by atoms with Crippen molar-refractivity contribution in [3.8, 4) is 5.88 Å². The van der Waals surface area contributed by atoms with Crippen LogP contribution in [-0.2, 0) is 11.3 Å². The van der Waals surface area contributed by atoms with Crippen molar-refractivity contribution in [3.05, 3.63) is 23.9 Å². The van der Waals surface area contributed by atoms with Gasteiger partial charge in [0, 0.05) is 44.0 Å². The second-order valence-corrected chi connectivity index (χ2v) is 7.58. The van der Waals surface area contributed by atoms with Crippen LogP contribution in [0.25, 0.3) is 0 Å². The molecule has 2 heterocycles. The van der Waals surface area contributed by atoms with Crippen molar-refractivity contribution in [2.24, 2.45) is 16.3 Å². The molecule has 27 heavy (non-hydrogen) atoms. The average Bonchev–Trinajstić information content (AvgIpc) is 3.41. The van der Waals surface area contributed by atoms with Gasteiger partial charge in [0.1, 0.15) is 0 Å². The highest BCUT2D eigenvalue weighted by atomic mass is 16.5. The Hall–Kier alpha value is -1.86. The van der Waals surface area contributed by atoms with Gasteiger partial charge in [-0.15, -0.1) is 0 Å². The third-order valence-electron chi connectivity index (χ3n) is 5.19. The zero-order chi connectivity index (χ0) is 19.0. The lowest BCUT2D eigenvalue weighted by molar-refractivity contribution is 0.127. The van der Waals surface area contributed by atoms with Gasteiger partial charge in [0.15, 0.2) is 5.96 Å². The van der Waals surface area contributed by atoms with E-state index in [1.165, 1.54) is 12.8 Å². The van der Waals surface area contributed by atoms with Gasteiger partial charge < -0.3 is 25.2 Å². The predicted molar refractivity (Wildman–Crippen MR) is 105 cm³/mol. The van der Waals surface area contributed by atoms with Gasteiger partial charge in [-0.25, -0.2) is 9.98 Å². The van der Waals surface area contributed by atoms with Gasteiger partial charge in [-0.1, -0.05) is 0 Å². The standard InChI is InChI=1S/C20H32N4O3/c1-2-21-19(24-14-20(6-9-25)7-10-26-15-20)23-12-17-5-8-22-18(11-17)27-13-16-3-4-16/h5,8,11,16,25H,2-4,6-7,9-10,12-15H2,1H3,(H2,21,23,24). The maximum Gasteiger partial charge on any atom is 0.213 e. The third-order valence-corrected chi connectivity index (χ3v) is 5.19. The number of hydrogen-bond acceptors (Lipinski definition) is 5. The van der Waals surface area contributed by atoms with E-state index >= 15 is 0 Å². The van der Waals surface area contributed by atoms with Crippen LogP contribution in [0.15, 0.2) is 23.3 Å². The van der Waals surface area contributed by atoms with E-state index in [1.807, 2.05) is 12.1 Å². The fraction of sp³-hybridized carbons (Fsp3) is 0.700. The number of guanidine groups is 1. The Kier molecular flexibility index (Phi) is 7.29. The summed E-state index contributed by atoms with van der Waals surface area (Å²) >= 11 is 0. The smallest absolute Gasteiger partial charge is 0.213 e. The number of rotatable bonds is 10. The summed E-state index contributed by atoms with van der Waals surface area (Å²) in [5.74, 6) is 2.17. The SMILES string of the molecule is CCNC(=NCc1ccnc(OCC2CC2)c1)NCC1(CCO)CCOC1. The van der Waals surface area contributed by atoms with Gasteiger partial charge >= 0.3 is 0 Å². The number of nitrogens with zero attached hydrogens (tertiary/aromatic N) is 2. The molecular formula is C20H32N4O3. The first kappa shape index (κ1) is 19.9. The van der Waals surface area contributed by atoms with Crippen molar-refractivity contribution < 1.29 is 14.6 Å². The molecule has 0 amide bonds. The molecule has 7 nitrogen and oxygen atoms in total. The highest BCUT2D eigenvalue weighted by Crippen LogP contribution is 2.31. The molecule has 2 fully saturated rings. The Morgan fingerprint density at radius 2 is 2.33 bits per heavy atom. The van der Waals surface area contributed by atoms with E-state index in [1.54, 1.807) is 6.20 Å². The van der Waals surface area contributed by atoms with Crippen LogP contribution in [-0.4, -0.2) is 55.6 Å². The highest BCUT2D eigenvalue weighted by molar-refractivity contribution is 5.79. The normalized spacial score (nSPS) is 22.7. The molecule has 150 valence electrons. The van der Waals surface area contributed by atoms with Crippen LogP contribution in [0.1, 0.15) is 38.2 Å². The lowest BCUT2D eigenvalue weighted by Crippen LogP contribution is -2.44. The molecule has 0 aromatic carbocycles. The largest absolute Gasteiger partial charge is 0.477 e. The number of ether oxygens (including phenoxy) is 2. The Morgan fingerprint density at radius 3 is 3.04 bits per heavy atom. The molecule has 1 aromatic rings. The first-order valence-electron chi connectivity index (χ1n) is 10.0. The molecule has 3 rings (SSSR count). The molecule has 0 bridgehead atoms. The average molecular weight is 377 g/mol. The van der Waals surface area contributed by atoms with E-state index in [0.717, 1.165) is 50.7 Å². The molecule has 1 saturated carbocycles. The van der Waals surface area contributed by atoms with Gasteiger partial charge in [-0.3, -0.25) is 0 Å². The van der Waals surface area contributed by atoms with Crippen molar-refractivity contribution in [2.45, 2.75) is 39.2 Å². The molecule has 1 unspecified atom stereocenters. The zero-order valence-electron chi connectivity index (χ0n) is 16.2. The molecule has 2 aliphatic rings. The van der Waals surface area contributed by atoms with Crippen molar-refractivity contribution >= 4 is 5.96 Å². The fourth-order valence-corrected chi connectivity index (χ4v) is 3.21. The second kappa shape index (κ2) is 9.90. The summed E-state index contributed by atoms with van der Waals surface area (Å²) in [6.07, 6.45) is 6.02. The topological polar surface area (TPSA) is 88.0 Å². The van der Waals surface area contributed by atoms with Crippen LogP contribution in [0.2, 0.25) is 0 Å². The molecule has 1 aromatic heterocycles. The molecule has 7 heteroatoms. The van der Waals surface area contributed by atoms with Crippen LogP contribution in [0, 0.1) is 11.3 Å². The Balaban J connectivity index is 1.55. The fourth-order valence-electron chi connectivity index (χ4n) is 3.21. The van der Waals surface area contributed by atoms with Gasteiger partial charge in [-0.2, -0.15) is 0 Å². The van der Waals surface area contributed by atoms with Gasteiger partial charge in [-0.05, 0) is 50.2 Å². The summed E-state index contributed by atoms with van der Waals surface area (Å²) in [4.78, 5) is 8.97. The summed E-state index contributed by atoms with van der Waals surface area (Å²) in [5, 5.41) is 16.1. The first-order chi connectivity index (χ1) is 13.2. The van der Waals surface area contributed by atoms with Crippen LogP contribution in [0.4, 0.5) is 0 Å². The van der Waals surface area contributed by atoms with E-state index in [9.17, 15) is 5.11 Å². The zero-order valence-corrected chi connectivity index (χ0v) is 16.2. The van der Waals surface area contributed by atoms with Gasteiger partial charge in [0.05, 0.1) is 19.8 Å². The lowest BCUT2D eigenvalue weighted by Gasteiger charge is -2.27. The second-order valence-electron chi connectivity index (χ2n) is 7.58. The minimum absolute atomic E-state index is 0.00850. The van der Waals surface area contributed by atoms with Gasteiger partial charge in [0.2, 0.25) is 5.88 Å². The predicted octanol–water partition coefficient (Wildman–Crippen LogP) is 1.71. The minimum atomic E-state index is -0.00850. The van der Waals surface area contributed by atoms with Crippen LogP contribution in [0.3, 0.4) is 0 Å². The first-order valence-corrected chi connectivity index (χ1v) is 10.0. The Labute approximate surface area is 161 Å². The molecule has 1 atom stereocenters. The number of pyridine rings is 1. The molecule has 1 saturated heterocycles. The van der Waals surface area contributed by atoms with Crippen LogP contribution in [0.5, 0.6) is 5.88 Å². The van der Waals surface area contributed by atoms with E-state index in [4.69, 9.17) is 14.5 Å². The van der Waals surface area contributed by atoms with Crippen LogP contribution < -0.4 is 15.4 Å². The Bertz CT molecular complexity index is 613. The van der Waals surface area contributed by atoms with E-state index < -0.39 is 0 Å². The quantitative estimate of drug-likeness (QED) is 0.426. The van der Waals surface area contributed by atoms with E-state index in [0.29, 0.717) is 24.9 Å². The Morgan fingerprint density at radius 1 is 1.44 bits per heavy atom. The van der Waals surface area contributed by atoms with Crippen molar-refractivity contribution in [2.75, 3.05) is 39.5 Å². The maximum atomic E-state index is 9.37. The van der Waals surface area contributed by atoms with Crippen molar-refractivity contribution in [1.82, 2.24) is 15.6 Å². The van der Waals surface area contributed by atoms with Crippen molar-refractivity contribution in [1.29, 1.82) is 0 Å². The number of nitrogens with one attached hydrogen (secondary N) is 2. The van der Waals surface area contributed by atoms with E-state index in [2.05, 4.69) is 22.5 Å². The molecule has 1 aliphatic heterocycles. The summed E-state index contributed by atoms with van der Waals surface area (Å²) in [6.45, 7) is 6.53. The molecular weight excluding hydrogens is 344 g/mol. The maximum absolute atomic E-state index is 9.37. The monoisotopic (exact) mass is 376 g/mol. The van der Waals surface area contributed by atoms with Gasteiger partial charge in [0.25, 0.3) is 0 Å². The summed E-state index contributed by atoms with van der Waals surface area (Å²) in [5.41, 5.74) is 1.06.